The molecule has 1 aliphatic heterocycles. The van der Waals surface area contributed by atoms with Gasteiger partial charge in [-0.05, 0) is 32.1 Å². The van der Waals surface area contributed by atoms with Crippen LogP contribution in [0.15, 0.2) is 6.07 Å². The van der Waals surface area contributed by atoms with Crippen molar-refractivity contribution in [1.82, 2.24) is 14.7 Å². The van der Waals surface area contributed by atoms with Gasteiger partial charge >= 0.3 is 6.03 Å². The third-order valence-electron chi connectivity index (χ3n) is 4.04. The molecule has 2 amide bonds. The zero-order valence-electron chi connectivity index (χ0n) is 12.5. The standard InChI is InChI=1S/C14H24N4O2/c1-4-12-9-13(17(3)16-12)15-14(20)18-7-5-11(6-8-18)10(2)19/h9-11,19H,4-8H2,1-3H3,(H,15,20). The van der Waals surface area contributed by atoms with Crippen molar-refractivity contribution in [3.8, 4) is 0 Å². The molecule has 0 radical (unpaired) electrons. The van der Waals surface area contributed by atoms with Crippen LogP contribution in [0.25, 0.3) is 0 Å². The Morgan fingerprint density at radius 2 is 2.20 bits per heavy atom. The van der Waals surface area contributed by atoms with Gasteiger partial charge < -0.3 is 10.0 Å². The molecular weight excluding hydrogens is 256 g/mol. The quantitative estimate of drug-likeness (QED) is 0.883. The number of amides is 2. The molecular formula is C14H24N4O2. The summed E-state index contributed by atoms with van der Waals surface area (Å²) in [5.41, 5.74) is 0.968. The average molecular weight is 280 g/mol. The maximum atomic E-state index is 12.2. The van der Waals surface area contributed by atoms with E-state index in [0.717, 1.165) is 30.8 Å². The fraction of sp³-hybridized carbons (Fsp3) is 0.714. The number of aliphatic hydroxyl groups excluding tert-OH is 1. The van der Waals surface area contributed by atoms with E-state index < -0.39 is 0 Å². The minimum absolute atomic E-state index is 0.0836. The molecule has 6 nitrogen and oxygen atoms in total. The predicted octanol–water partition coefficient (Wildman–Crippen LogP) is 1.61. The van der Waals surface area contributed by atoms with Gasteiger partial charge in [-0.2, -0.15) is 5.10 Å². The minimum Gasteiger partial charge on any atom is -0.393 e. The average Bonchev–Trinajstić information content (AvgIpc) is 2.79. The molecule has 20 heavy (non-hydrogen) atoms. The van der Waals surface area contributed by atoms with Crippen molar-refractivity contribution in [1.29, 1.82) is 0 Å². The number of aliphatic hydroxyl groups is 1. The Morgan fingerprint density at radius 3 is 2.70 bits per heavy atom. The maximum Gasteiger partial charge on any atom is 0.322 e. The molecule has 2 heterocycles. The van der Waals surface area contributed by atoms with E-state index in [1.807, 2.05) is 27.0 Å². The topological polar surface area (TPSA) is 70.4 Å². The molecule has 1 aliphatic rings. The number of hydrogen-bond acceptors (Lipinski definition) is 3. The summed E-state index contributed by atoms with van der Waals surface area (Å²) in [5, 5.41) is 16.8. The first-order valence-corrected chi connectivity index (χ1v) is 7.28. The molecule has 2 N–H and O–H groups in total. The van der Waals surface area contributed by atoms with E-state index in [1.54, 1.807) is 9.58 Å². The molecule has 0 aliphatic carbocycles. The van der Waals surface area contributed by atoms with E-state index in [-0.39, 0.29) is 12.1 Å². The summed E-state index contributed by atoms with van der Waals surface area (Å²) in [6.07, 6.45) is 2.28. The Hall–Kier alpha value is -1.56. The Labute approximate surface area is 119 Å². The number of aryl methyl sites for hydroxylation is 2. The molecule has 0 bridgehead atoms. The lowest BCUT2D eigenvalue weighted by Gasteiger charge is -2.33. The highest BCUT2D eigenvalue weighted by Gasteiger charge is 2.25. The van der Waals surface area contributed by atoms with Crippen LogP contribution >= 0.6 is 0 Å². The van der Waals surface area contributed by atoms with E-state index in [9.17, 15) is 9.90 Å². The van der Waals surface area contributed by atoms with Crippen LogP contribution in [0.3, 0.4) is 0 Å². The fourth-order valence-electron chi connectivity index (χ4n) is 2.59. The van der Waals surface area contributed by atoms with Crippen LogP contribution in [-0.2, 0) is 13.5 Å². The van der Waals surface area contributed by atoms with Gasteiger partial charge in [0.2, 0.25) is 0 Å². The number of anilines is 1. The lowest BCUT2D eigenvalue weighted by Crippen LogP contribution is -2.43. The van der Waals surface area contributed by atoms with Gasteiger partial charge in [-0.25, -0.2) is 4.79 Å². The van der Waals surface area contributed by atoms with Gasteiger partial charge in [0.15, 0.2) is 0 Å². The predicted molar refractivity (Wildman–Crippen MR) is 77.6 cm³/mol. The van der Waals surface area contributed by atoms with E-state index in [4.69, 9.17) is 0 Å². The number of carbonyl (C=O) groups excluding carboxylic acids is 1. The van der Waals surface area contributed by atoms with Gasteiger partial charge in [-0.3, -0.25) is 10.00 Å². The van der Waals surface area contributed by atoms with Crippen molar-refractivity contribution in [3.05, 3.63) is 11.8 Å². The third-order valence-corrected chi connectivity index (χ3v) is 4.04. The summed E-state index contributed by atoms with van der Waals surface area (Å²) in [6.45, 7) is 5.25. The van der Waals surface area contributed by atoms with Gasteiger partial charge in [0, 0.05) is 26.2 Å². The molecule has 1 fully saturated rings. The summed E-state index contributed by atoms with van der Waals surface area (Å²) >= 11 is 0. The minimum atomic E-state index is -0.288. The SMILES string of the molecule is CCc1cc(NC(=O)N2CCC(C(C)O)CC2)n(C)n1. The number of nitrogens with one attached hydrogen (secondary N) is 1. The Kier molecular flexibility index (Phi) is 4.65. The van der Waals surface area contributed by atoms with Crippen LogP contribution in [-0.4, -0.2) is 45.0 Å². The Balaban J connectivity index is 1.91. The molecule has 1 aromatic heterocycles. The number of carbonyl (C=O) groups is 1. The molecule has 1 saturated heterocycles. The summed E-state index contributed by atoms with van der Waals surface area (Å²) in [7, 11) is 1.83. The Morgan fingerprint density at radius 1 is 1.55 bits per heavy atom. The first-order valence-electron chi connectivity index (χ1n) is 7.28. The lowest BCUT2D eigenvalue weighted by molar-refractivity contribution is 0.0820. The molecule has 6 heteroatoms. The molecule has 0 aromatic carbocycles. The van der Waals surface area contributed by atoms with E-state index >= 15 is 0 Å². The van der Waals surface area contributed by atoms with E-state index in [0.29, 0.717) is 19.0 Å². The number of aromatic nitrogens is 2. The van der Waals surface area contributed by atoms with Gasteiger partial charge in [0.1, 0.15) is 5.82 Å². The summed E-state index contributed by atoms with van der Waals surface area (Å²) in [5.74, 6) is 1.03. The second-order valence-electron chi connectivity index (χ2n) is 5.49. The largest absolute Gasteiger partial charge is 0.393 e. The summed E-state index contributed by atoms with van der Waals surface area (Å²) < 4.78 is 1.69. The normalized spacial score (nSPS) is 18.1. The smallest absolute Gasteiger partial charge is 0.322 e. The summed E-state index contributed by atoms with van der Waals surface area (Å²) in [4.78, 5) is 14.0. The maximum absolute atomic E-state index is 12.2. The lowest BCUT2D eigenvalue weighted by atomic mass is 9.92. The molecule has 1 aromatic rings. The zero-order valence-corrected chi connectivity index (χ0v) is 12.5. The van der Waals surface area contributed by atoms with Crippen molar-refractivity contribution in [2.45, 2.75) is 39.2 Å². The molecule has 1 unspecified atom stereocenters. The van der Waals surface area contributed by atoms with Crippen molar-refractivity contribution in [3.63, 3.8) is 0 Å². The summed E-state index contributed by atoms with van der Waals surface area (Å²) in [6, 6.07) is 1.82. The van der Waals surface area contributed by atoms with Crippen molar-refractivity contribution in [2.24, 2.45) is 13.0 Å². The molecule has 112 valence electrons. The Bertz CT molecular complexity index is 462. The number of nitrogens with zero attached hydrogens (tertiary/aromatic N) is 3. The van der Waals surface area contributed by atoms with Crippen LogP contribution in [0.2, 0.25) is 0 Å². The van der Waals surface area contributed by atoms with Crippen LogP contribution in [0.5, 0.6) is 0 Å². The van der Waals surface area contributed by atoms with E-state index in [2.05, 4.69) is 10.4 Å². The zero-order chi connectivity index (χ0) is 14.7. The van der Waals surface area contributed by atoms with Gasteiger partial charge in [0.05, 0.1) is 11.8 Å². The van der Waals surface area contributed by atoms with Gasteiger partial charge in [-0.1, -0.05) is 6.92 Å². The molecule has 0 saturated carbocycles. The van der Waals surface area contributed by atoms with Gasteiger partial charge in [0.25, 0.3) is 0 Å². The third kappa shape index (κ3) is 3.30. The van der Waals surface area contributed by atoms with Gasteiger partial charge in [-0.15, -0.1) is 0 Å². The van der Waals surface area contributed by atoms with Crippen LogP contribution in [0, 0.1) is 5.92 Å². The van der Waals surface area contributed by atoms with Crippen molar-refractivity contribution < 1.29 is 9.90 Å². The number of rotatable bonds is 3. The highest BCUT2D eigenvalue weighted by atomic mass is 16.3. The number of hydrogen-bond donors (Lipinski definition) is 2. The van der Waals surface area contributed by atoms with Crippen molar-refractivity contribution >= 4 is 11.8 Å². The number of urea groups is 1. The monoisotopic (exact) mass is 280 g/mol. The number of likely N-dealkylation sites (tertiary alicyclic amines) is 1. The van der Waals surface area contributed by atoms with Crippen LogP contribution in [0.1, 0.15) is 32.4 Å². The second-order valence-corrected chi connectivity index (χ2v) is 5.49. The molecule has 1 atom stereocenters. The fourth-order valence-corrected chi connectivity index (χ4v) is 2.59. The van der Waals surface area contributed by atoms with Crippen LogP contribution in [0.4, 0.5) is 10.6 Å². The van der Waals surface area contributed by atoms with E-state index in [1.165, 1.54) is 0 Å². The first-order chi connectivity index (χ1) is 9.51. The molecule has 2 rings (SSSR count). The highest BCUT2D eigenvalue weighted by Crippen LogP contribution is 2.21. The first kappa shape index (κ1) is 14.8. The van der Waals surface area contributed by atoms with Crippen LogP contribution < -0.4 is 5.32 Å². The second kappa shape index (κ2) is 6.26. The number of piperidine rings is 1. The highest BCUT2D eigenvalue weighted by molar-refractivity contribution is 5.88. The van der Waals surface area contributed by atoms with Crippen molar-refractivity contribution in [2.75, 3.05) is 18.4 Å². The molecule has 0 spiro atoms.